The van der Waals surface area contributed by atoms with E-state index in [0.29, 0.717) is 0 Å². The molecule has 1 fully saturated rings. The first-order valence-corrected chi connectivity index (χ1v) is 5.72. The Balaban J connectivity index is 0.000000141. The lowest BCUT2D eigenvalue weighted by Crippen LogP contribution is -2.49. The van der Waals surface area contributed by atoms with Gasteiger partial charge in [0.05, 0.1) is 0 Å². The average Bonchev–Trinajstić information content (AvgIpc) is 2.65. The quantitative estimate of drug-likeness (QED) is 0.702. The van der Waals surface area contributed by atoms with Crippen LogP contribution in [-0.2, 0) is 9.59 Å². The number of imide groups is 2. The SMILES string of the molecule is O=C1CC(=O)NC(=O)N1.c1ccc2cccc-2cc1. The third-order valence-corrected chi connectivity index (χ3v) is 2.49. The number of urea groups is 1. The summed E-state index contributed by atoms with van der Waals surface area (Å²) in [7, 11) is 0. The number of hydrogen-bond acceptors (Lipinski definition) is 3. The highest BCUT2D eigenvalue weighted by Gasteiger charge is 2.20. The fraction of sp³-hybridized carbons (Fsp3) is 0.0714. The molecule has 1 aliphatic heterocycles. The van der Waals surface area contributed by atoms with Gasteiger partial charge in [0.2, 0.25) is 11.8 Å². The molecule has 0 aromatic carbocycles. The van der Waals surface area contributed by atoms with Crippen LogP contribution < -0.4 is 10.6 Å². The molecule has 2 aliphatic carbocycles. The molecule has 0 spiro atoms. The van der Waals surface area contributed by atoms with E-state index in [1.165, 1.54) is 11.1 Å². The fourth-order valence-electron chi connectivity index (χ4n) is 1.65. The zero-order chi connectivity index (χ0) is 13.7. The van der Waals surface area contributed by atoms with E-state index in [9.17, 15) is 14.4 Å². The van der Waals surface area contributed by atoms with Gasteiger partial charge < -0.3 is 0 Å². The predicted molar refractivity (Wildman–Crippen MR) is 69.4 cm³/mol. The topological polar surface area (TPSA) is 75.3 Å². The van der Waals surface area contributed by atoms with E-state index in [1.54, 1.807) is 0 Å². The van der Waals surface area contributed by atoms with Crippen molar-refractivity contribution in [2.24, 2.45) is 0 Å². The molecule has 0 unspecified atom stereocenters. The minimum Gasteiger partial charge on any atom is -0.277 e. The van der Waals surface area contributed by atoms with Crippen LogP contribution in [0.15, 0.2) is 48.5 Å². The molecule has 0 saturated carbocycles. The monoisotopic (exact) mass is 256 g/mol. The summed E-state index contributed by atoms with van der Waals surface area (Å²) in [5, 5.41) is 3.80. The number of rotatable bonds is 0. The minimum atomic E-state index is -0.740. The Morgan fingerprint density at radius 1 is 0.684 bits per heavy atom. The highest BCUT2D eigenvalue weighted by molar-refractivity contribution is 6.14. The molecule has 0 aromatic rings. The molecule has 19 heavy (non-hydrogen) atoms. The Kier molecular flexibility index (Phi) is 3.87. The number of barbiturate groups is 1. The fourth-order valence-corrected chi connectivity index (χ4v) is 1.65. The Hall–Kier alpha value is -2.69. The largest absolute Gasteiger partial charge is 0.328 e. The third kappa shape index (κ3) is 3.64. The smallest absolute Gasteiger partial charge is 0.277 e. The van der Waals surface area contributed by atoms with Crippen LogP contribution in [0.1, 0.15) is 6.42 Å². The maximum atomic E-state index is 10.3. The molecule has 3 rings (SSSR count). The summed E-state index contributed by atoms with van der Waals surface area (Å²) in [5.74, 6) is -1.10. The summed E-state index contributed by atoms with van der Waals surface area (Å²) in [4.78, 5) is 30.8. The summed E-state index contributed by atoms with van der Waals surface area (Å²) >= 11 is 0. The second-order valence-electron chi connectivity index (χ2n) is 3.95. The maximum absolute atomic E-state index is 10.3. The van der Waals surface area contributed by atoms with E-state index in [2.05, 4.69) is 42.5 Å². The van der Waals surface area contributed by atoms with E-state index in [0.717, 1.165) is 0 Å². The van der Waals surface area contributed by atoms with Crippen molar-refractivity contribution in [1.29, 1.82) is 0 Å². The molecule has 0 aromatic heterocycles. The summed E-state index contributed by atoms with van der Waals surface area (Å²) in [6.45, 7) is 0. The van der Waals surface area contributed by atoms with Crippen LogP contribution in [0, 0.1) is 0 Å². The van der Waals surface area contributed by atoms with Gasteiger partial charge in [0.1, 0.15) is 6.42 Å². The van der Waals surface area contributed by atoms with Gasteiger partial charge in [0.15, 0.2) is 0 Å². The van der Waals surface area contributed by atoms with Gasteiger partial charge >= 0.3 is 6.03 Å². The van der Waals surface area contributed by atoms with Crippen molar-refractivity contribution in [2.45, 2.75) is 6.42 Å². The molecule has 0 bridgehead atoms. The van der Waals surface area contributed by atoms with Gasteiger partial charge in [-0.25, -0.2) is 4.79 Å². The predicted octanol–water partition coefficient (Wildman–Crippen LogP) is 1.53. The van der Waals surface area contributed by atoms with Gasteiger partial charge in [0, 0.05) is 0 Å². The van der Waals surface area contributed by atoms with Gasteiger partial charge in [-0.05, 0) is 11.1 Å². The summed E-state index contributed by atoms with van der Waals surface area (Å²) < 4.78 is 0. The van der Waals surface area contributed by atoms with Crippen molar-refractivity contribution >= 4 is 17.8 Å². The van der Waals surface area contributed by atoms with E-state index < -0.39 is 17.8 Å². The lowest BCUT2D eigenvalue weighted by atomic mass is 10.2. The Morgan fingerprint density at radius 3 is 1.63 bits per heavy atom. The van der Waals surface area contributed by atoms with Crippen molar-refractivity contribution in [1.82, 2.24) is 10.6 Å². The Morgan fingerprint density at radius 2 is 1.16 bits per heavy atom. The van der Waals surface area contributed by atoms with E-state index in [-0.39, 0.29) is 6.42 Å². The molecular weight excluding hydrogens is 244 g/mol. The van der Waals surface area contributed by atoms with Gasteiger partial charge in [-0.3, -0.25) is 20.2 Å². The number of fused-ring (bicyclic) bond motifs is 1. The van der Waals surface area contributed by atoms with Crippen LogP contribution in [-0.4, -0.2) is 17.8 Å². The average molecular weight is 256 g/mol. The highest BCUT2D eigenvalue weighted by Crippen LogP contribution is 2.19. The number of hydrogen-bond donors (Lipinski definition) is 2. The number of nitrogens with one attached hydrogen (secondary N) is 2. The zero-order valence-corrected chi connectivity index (χ0v) is 10.1. The third-order valence-electron chi connectivity index (χ3n) is 2.49. The van der Waals surface area contributed by atoms with Gasteiger partial charge in [0.25, 0.3) is 0 Å². The van der Waals surface area contributed by atoms with E-state index in [4.69, 9.17) is 0 Å². The summed E-state index contributed by atoms with van der Waals surface area (Å²) in [6.07, 6.45) is -0.258. The molecule has 1 heterocycles. The van der Waals surface area contributed by atoms with Crippen LogP contribution in [0.3, 0.4) is 0 Å². The summed E-state index contributed by atoms with van der Waals surface area (Å²) in [5.41, 5.74) is 2.62. The normalized spacial score (nSPS) is 14.2. The number of amides is 4. The van der Waals surface area contributed by atoms with Crippen LogP contribution in [0.5, 0.6) is 0 Å². The second kappa shape index (κ2) is 5.77. The van der Waals surface area contributed by atoms with Crippen molar-refractivity contribution < 1.29 is 14.4 Å². The van der Waals surface area contributed by atoms with E-state index in [1.807, 2.05) is 16.7 Å². The van der Waals surface area contributed by atoms with Crippen LogP contribution in [0.2, 0.25) is 0 Å². The first-order chi connectivity index (χ1) is 9.15. The van der Waals surface area contributed by atoms with Crippen LogP contribution >= 0.6 is 0 Å². The van der Waals surface area contributed by atoms with Gasteiger partial charge in [-0.2, -0.15) is 0 Å². The Bertz CT molecular complexity index is 522. The van der Waals surface area contributed by atoms with Crippen LogP contribution in [0.4, 0.5) is 4.79 Å². The van der Waals surface area contributed by atoms with Gasteiger partial charge in [-0.1, -0.05) is 48.5 Å². The molecule has 1 saturated heterocycles. The first-order valence-electron chi connectivity index (χ1n) is 5.72. The standard InChI is InChI=1S/C10H8.C4H4N2O3/c1-2-5-9-7-4-8-10(9)6-3-1;7-2-1-3(8)6-4(9)5-2/h1-8H;1H2,(H2,5,6,7,8,9). The minimum absolute atomic E-state index is 0.258. The zero-order valence-electron chi connectivity index (χ0n) is 10.1. The van der Waals surface area contributed by atoms with Crippen molar-refractivity contribution in [2.75, 3.05) is 0 Å². The Labute approximate surface area is 110 Å². The molecule has 5 heteroatoms. The maximum Gasteiger partial charge on any atom is 0.328 e. The molecule has 96 valence electrons. The van der Waals surface area contributed by atoms with Crippen molar-refractivity contribution in [3.8, 4) is 11.1 Å². The number of carbonyl (C=O) groups excluding carboxylic acids is 3. The molecule has 2 N–H and O–H groups in total. The van der Waals surface area contributed by atoms with Gasteiger partial charge in [-0.15, -0.1) is 0 Å². The molecule has 5 nitrogen and oxygen atoms in total. The van der Waals surface area contributed by atoms with Crippen molar-refractivity contribution in [3.63, 3.8) is 0 Å². The lowest BCUT2D eigenvalue weighted by molar-refractivity contribution is -0.129. The second-order valence-corrected chi connectivity index (χ2v) is 3.95. The lowest BCUT2D eigenvalue weighted by Gasteiger charge is -2.09. The summed E-state index contributed by atoms with van der Waals surface area (Å²) in [6, 6.07) is 16.0. The molecule has 0 atom stereocenters. The van der Waals surface area contributed by atoms with Crippen molar-refractivity contribution in [3.05, 3.63) is 48.5 Å². The molecule has 0 radical (unpaired) electrons. The molecule has 4 amide bonds. The highest BCUT2D eigenvalue weighted by atomic mass is 16.2. The van der Waals surface area contributed by atoms with Crippen LogP contribution in [0.25, 0.3) is 11.1 Å². The van der Waals surface area contributed by atoms with E-state index >= 15 is 0 Å². The molecular formula is C14H12N2O3. The number of carbonyl (C=O) groups is 3. The first kappa shape index (κ1) is 12.8. The molecule has 3 aliphatic rings.